The molecule has 4 heterocycles. The number of rotatable bonds is 14. The number of pyridine rings is 1. The lowest BCUT2D eigenvalue weighted by Gasteiger charge is -2.35. The van der Waals surface area contributed by atoms with Gasteiger partial charge in [0.15, 0.2) is 0 Å². The summed E-state index contributed by atoms with van der Waals surface area (Å²) in [4.78, 5) is 56.6. The number of benzene rings is 2. The lowest BCUT2D eigenvalue weighted by atomic mass is 9.78. The average molecular weight is 873 g/mol. The smallest absolute Gasteiger partial charge is 0.386 e. The Labute approximate surface area is 362 Å². The number of aliphatic hydroxyl groups is 1. The molecule has 0 radical (unpaired) electrons. The fourth-order valence-electron chi connectivity index (χ4n) is 9.70. The number of anilines is 1. The summed E-state index contributed by atoms with van der Waals surface area (Å²) in [6.45, 7) is 5.78. The lowest BCUT2D eigenvalue weighted by molar-refractivity contribution is -0.141. The van der Waals surface area contributed by atoms with Crippen molar-refractivity contribution in [2.24, 2.45) is 18.9 Å². The van der Waals surface area contributed by atoms with Gasteiger partial charge in [-0.2, -0.15) is 18.3 Å². The molecule has 336 valence electrons. The molecule has 0 bridgehead atoms. The molecule has 2 aliphatic carbocycles. The van der Waals surface area contributed by atoms with Crippen molar-refractivity contribution in [3.63, 3.8) is 0 Å². The molecule has 0 spiro atoms. The van der Waals surface area contributed by atoms with Crippen LogP contribution in [-0.4, -0.2) is 84.5 Å². The van der Waals surface area contributed by atoms with Gasteiger partial charge in [0, 0.05) is 56.0 Å². The van der Waals surface area contributed by atoms with Crippen molar-refractivity contribution in [3.05, 3.63) is 87.7 Å². The van der Waals surface area contributed by atoms with E-state index in [0.29, 0.717) is 35.9 Å². The number of carbonyl (C=O) groups excluding carboxylic acids is 3. The number of alkyl halides is 3. The summed E-state index contributed by atoms with van der Waals surface area (Å²) in [5.74, 6) is -0.556. The SMILES string of the molecule is CN(CCCO[C@H]1C[C@H](Cc2cccc3c2n(C)c(=O)n3C2CCC(=O)NC2=O)C1)C[C@H]1CC[C@H](n2cc3cc(NC(=O)c4cccc(C(F)(F)F)n4)c(C(C)(C)O)cc3n2)CC1. The van der Waals surface area contributed by atoms with Gasteiger partial charge < -0.3 is 20.1 Å². The second-order valence-electron chi connectivity index (χ2n) is 18.3. The zero-order valence-corrected chi connectivity index (χ0v) is 36.1. The fourth-order valence-corrected chi connectivity index (χ4v) is 9.70. The predicted octanol–water partition coefficient (Wildman–Crippen LogP) is 6.65. The number of nitrogens with zero attached hydrogens (tertiary/aromatic N) is 6. The highest BCUT2D eigenvalue weighted by molar-refractivity contribution is 6.04. The third kappa shape index (κ3) is 9.60. The number of fused-ring (bicyclic) bond motifs is 2. The van der Waals surface area contributed by atoms with Crippen LogP contribution in [0, 0.1) is 11.8 Å². The van der Waals surface area contributed by atoms with Crippen LogP contribution in [0.3, 0.4) is 0 Å². The molecule has 1 atom stereocenters. The molecular weight excluding hydrogens is 818 g/mol. The predicted molar refractivity (Wildman–Crippen MR) is 230 cm³/mol. The van der Waals surface area contributed by atoms with Gasteiger partial charge in [-0.15, -0.1) is 0 Å². The highest BCUT2D eigenvalue weighted by Gasteiger charge is 2.35. The van der Waals surface area contributed by atoms with Crippen molar-refractivity contribution >= 4 is 45.3 Å². The van der Waals surface area contributed by atoms with E-state index < -0.39 is 35.3 Å². The van der Waals surface area contributed by atoms with Gasteiger partial charge in [-0.05, 0) is 126 Å². The number of ether oxygens (including phenoxy) is 1. The van der Waals surface area contributed by atoms with Crippen molar-refractivity contribution in [3.8, 4) is 0 Å². The minimum atomic E-state index is -4.69. The number of imide groups is 1. The van der Waals surface area contributed by atoms with Gasteiger partial charge in [0.1, 0.15) is 17.4 Å². The first-order chi connectivity index (χ1) is 29.9. The van der Waals surface area contributed by atoms with E-state index >= 15 is 0 Å². The van der Waals surface area contributed by atoms with Crippen molar-refractivity contribution in [1.29, 1.82) is 0 Å². The molecule has 1 aliphatic heterocycles. The van der Waals surface area contributed by atoms with Gasteiger partial charge in [-0.25, -0.2) is 9.78 Å². The first-order valence-electron chi connectivity index (χ1n) is 21.9. The van der Waals surface area contributed by atoms with Crippen LogP contribution in [0.15, 0.2) is 59.5 Å². The Morgan fingerprint density at radius 3 is 2.48 bits per heavy atom. The second kappa shape index (κ2) is 17.6. The van der Waals surface area contributed by atoms with Crippen molar-refractivity contribution in [2.45, 2.75) is 108 Å². The molecule has 3 amide bonds. The van der Waals surface area contributed by atoms with Crippen LogP contribution in [0.4, 0.5) is 18.9 Å². The number of hydrogen-bond acceptors (Lipinski definition) is 9. The van der Waals surface area contributed by atoms with E-state index in [4.69, 9.17) is 9.84 Å². The summed E-state index contributed by atoms with van der Waals surface area (Å²) in [6.07, 6.45) is 5.66. The van der Waals surface area contributed by atoms with Gasteiger partial charge in [-0.3, -0.25) is 33.5 Å². The Morgan fingerprint density at radius 2 is 1.76 bits per heavy atom. The number of amides is 3. The molecule has 1 saturated heterocycles. The number of para-hydroxylation sites is 1. The number of carbonyl (C=O) groups is 3. The summed E-state index contributed by atoms with van der Waals surface area (Å²) in [5.41, 5.74) is 0.755. The zero-order valence-electron chi connectivity index (χ0n) is 36.1. The summed E-state index contributed by atoms with van der Waals surface area (Å²) < 4.78 is 51.1. The minimum absolute atomic E-state index is 0.190. The van der Waals surface area contributed by atoms with Gasteiger partial charge in [0.05, 0.1) is 34.3 Å². The van der Waals surface area contributed by atoms with Crippen LogP contribution in [0.5, 0.6) is 0 Å². The Balaban J connectivity index is 0.779. The van der Waals surface area contributed by atoms with Crippen molar-refractivity contribution in [1.82, 2.24) is 34.1 Å². The topological polar surface area (TPSA) is 166 Å². The maximum Gasteiger partial charge on any atom is 0.433 e. The maximum atomic E-state index is 13.3. The Bertz CT molecular complexity index is 2580. The number of piperidine rings is 1. The molecule has 2 saturated carbocycles. The number of nitrogens with one attached hydrogen (secondary N) is 2. The number of aromatic nitrogens is 5. The maximum absolute atomic E-state index is 13.3. The van der Waals surface area contributed by atoms with E-state index in [1.165, 1.54) is 10.6 Å². The number of imidazole rings is 1. The van der Waals surface area contributed by atoms with Crippen LogP contribution in [-0.2, 0) is 39.6 Å². The molecule has 2 aromatic carbocycles. The van der Waals surface area contributed by atoms with E-state index in [0.717, 1.165) is 98.6 Å². The lowest BCUT2D eigenvalue weighted by Crippen LogP contribution is -2.44. The van der Waals surface area contributed by atoms with Crippen LogP contribution < -0.4 is 16.3 Å². The normalized spacial score (nSPS) is 22.1. The molecule has 17 heteroatoms. The largest absolute Gasteiger partial charge is 0.433 e. The monoisotopic (exact) mass is 872 g/mol. The Kier molecular flexibility index (Phi) is 12.4. The van der Waals surface area contributed by atoms with E-state index in [1.807, 2.05) is 23.0 Å². The third-order valence-electron chi connectivity index (χ3n) is 13.0. The molecule has 8 rings (SSSR count). The summed E-state index contributed by atoms with van der Waals surface area (Å²) >= 11 is 0. The van der Waals surface area contributed by atoms with E-state index in [1.54, 1.807) is 37.6 Å². The molecular formula is C46H55F3N8O6. The van der Waals surface area contributed by atoms with E-state index in [2.05, 4.69) is 33.6 Å². The average Bonchev–Trinajstić information content (AvgIpc) is 3.75. The molecule has 14 nitrogen and oxygen atoms in total. The molecule has 63 heavy (non-hydrogen) atoms. The summed E-state index contributed by atoms with van der Waals surface area (Å²) in [5, 5.41) is 21.6. The number of hydrogen-bond donors (Lipinski definition) is 3. The fraction of sp³-hybridized carbons (Fsp3) is 0.522. The van der Waals surface area contributed by atoms with Crippen LogP contribution in [0.25, 0.3) is 21.9 Å². The third-order valence-corrected chi connectivity index (χ3v) is 13.0. The number of halogens is 3. The van der Waals surface area contributed by atoms with E-state index in [-0.39, 0.29) is 41.5 Å². The molecule has 1 unspecified atom stereocenters. The van der Waals surface area contributed by atoms with Crippen molar-refractivity contribution in [2.75, 3.05) is 32.1 Å². The first-order valence-corrected chi connectivity index (χ1v) is 21.9. The standard InChI is InChI=1S/C46H55F3N8O6/c1-45(2,62)33-24-35-30(23-36(33)51-42(59)34-9-6-11-39(50-34)46(47,48)49)26-56(53-35)31-14-12-27(13-15-31)25-54(3)18-7-19-63-32-21-28(22-32)20-29-8-5-10-37-41(29)55(4)44(61)57(37)38-16-17-40(58)52-43(38)60/h5-6,8-11,23-24,26-28,31-32,38,62H,7,12-22,25H2,1-4H3,(H,51,59)(H,52,58,60)/t27-,28-,31-,32-,38?. The molecule has 3 aromatic heterocycles. The van der Waals surface area contributed by atoms with Crippen molar-refractivity contribution < 1.29 is 37.4 Å². The Hall–Kier alpha value is -5.39. The molecule has 3 N–H and O–H groups in total. The second-order valence-corrected chi connectivity index (χ2v) is 18.3. The zero-order chi connectivity index (χ0) is 44.8. The first kappa shape index (κ1) is 44.2. The highest BCUT2D eigenvalue weighted by atomic mass is 19.4. The van der Waals surface area contributed by atoms with Crippen LogP contribution in [0.2, 0.25) is 0 Å². The highest BCUT2D eigenvalue weighted by Crippen LogP contribution is 2.38. The van der Waals surface area contributed by atoms with Gasteiger partial charge in [0.25, 0.3) is 5.91 Å². The van der Waals surface area contributed by atoms with Gasteiger partial charge in [0.2, 0.25) is 11.8 Å². The van der Waals surface area contributed by atoms with Crippen LogP contribution in [0.1, 0.15) is 111 Å². The minimum Gasteiger partial charge on any atom is -0.386 e. The number of aryl methyl sites for hydroxylation is 1. The molecule has 3 fully saturated rings. The van der Waals surface area contributed by atoms with Gasteiger partial charge in [-0.1, -0.05) is 18.2 Å². The van der Waals surface area contributed by atoms with Gasteiger partial charge >= 0.3 is 11.9 Å². The van der Waals surface area contributed by atoms with Crippen LogP contribution >= 0.6 is 0 Å². The summed E-state index contributed by atoms with van der Waals surface area (Å²) in [6, 6.07) is 11.9. The summed E-state index contributed by atoms with van der Waals surface area (Å²) in [7, 11) is 3.90. The Morgan fingerprint density at radius 1 is 1.02 bits per heavy atom. The quantitative estimate of drug-likeness (QED) is 0.0819. The molecule has 3 aliphatic rings. The molecule has 5 aromatic rings. The van der Waals surface area contributed by atoms with E-state index in [9.17, 15) is 37.5 Å².